The summed E-state index contributed by atoms with van der Waals surface area (Å²) in [6.07, 6.45) is 0. The minimum Gasteiger partial charge on any atom is -0.246 e. The zero-order valence-corrected chi connectivity index (χ0v) is 6.53. The summed E-state index contributed by atoms with van der Waals surface area (Å²) in [4.78, 5) is 3.35. The van der Waals surface area contributed by atoms with E-state index in [1.807, 2.05) is 0 Å². The standard InChI is InChI=1S/C6H4BrF2N/c7-5-2-1-4(3-8)6(9)10-5/h1-2H,3H2. The molecular weight excluding hydrogens is 204 g/mol. The lowest BCUT2D eigenvalue weighted by atomic mass is 10.3. The molecule has 4 heteroatoms. The molecule has 54 valence electrons. The molecule has 0 saturated heterocycles. The molecule has 1 aromatic rings. The predicted molar refractivity (Wildman–Crippen MR) is 36.7 cm³/mol. The zero-order valence-electron chi connectivity index (χ0n) is 4.94. The Morgan fingerprint density at radius 1 is 1.50 bits per heavy atom. The summed E-state index contributed by atoms with van der Waals surface area (Å²) in [6.45, 7) is -0.813. The van der Waals surface area contributed by atoms with Crippen molar-refractivity contribution in [1.82, 2.24) is 4.98 Å². The van der Waals surface area contributed by atoms with Crippen LogP contribution in [0.15, 0.2) is 16.7 Å². The van der Waals surface area contributed by atoms with Gasteiger partial charge in [0.25, 0.3) is 0 Å². The van der Waals surface area contributed by atoms with Crippen LogP contribution in [0.5, 0.6) is 0 Å². The first-order valence-electron chi connectivity index (χ1n) is 2.61. The first-order valence-corrected chi connectivity index (χ1v) is 3.40. The minimum absolute atomic E-state index is 0.0109. The van der Waals surface area contributed by atoms with Gasteiger partial charge in [-0.1, -0.05) is 0 Å². The average molecular weight is 208 g/mol. The normalized spacial score (nSPS) is 9.90. The van der Waals surface area contributed by atoms with Crippen LogP contribution >= 0.6 is 15.9 Å². The molecule has 0 amide bonds. The molecule has 0 spiro atoms. The van der Waals surface area contributed by atoms with E-state index in [0.717, 1.165) is 0 Å². The van der Waals surface area contributed by atoms with Crippen LogP contribution < -0.4 is 0 Å². The third-order valence-corrected chi connectivity index (χ3v) is 1.48. The summed E-state index contributed by atoms with van der Waals surface area (Å²) < 4.78 is 24.7. The Hall–Kier alpha value is -0.510. The molecule has 0 radical (unpaired) electrons. The van der Waals surface area contributed by atoms with E-state index in [-0.39, 0.29) is 5.56 Å². The number of pyridine rings is 1. The number of hydrogen-bond acceptors (Lipinski definition) is 1. The summed E-state index contributed by atoms with van der Waals surface area (Å²) in [5, 5.41) is 0. The van der Waals surface area contributed by atoms with Crippen molar-refractivity contribution < 1.29 is 8.78 Å². The summed E-state index contributed by atoms with van der Waals surface area (Å²) in [5.74, 6) is -0.753. The maximum atomic E-state index is 12.5. The minimum atomic E-state index is -0.813. The van der Waals surface area contributed by atoms with Crippen molar-refractivity contribution in [3.63, 3.8) is 0 Å². The van der Waals surface area contributed by atoms with E-state index >= 15 is 0 Å². The molecule has 0 atom stereocenters. The molecule has 0 fully saturated rings. The van der Waals surface area contributed by atoms with Crippen LogP contribution in [0.1, 0.15) is 5.56 Å². The Kier molecular flexibility index (Phi) is 2.32. The second kappa shape index (κ2) is 3.05. The lowest BCUT2D eigenvalue weighted by Gasteiger charge is -1.94. The van der Waals surface area contributed by atoms with E-state index in [0.29, 0.717) is 4.60 Å². The fourth-order valence-corrected chi connectivity index (χ4v) is 0.828. The van der Waals surface area contributed by atoms with Gasteiger partial charge in [-0.05, 0) is 28.1 Å². The summed E-state index contributed by atoms with van der Waals surface area (Å²) >= 11 is 2.95. The van der Waals surface area contributed by atoms with Gasteiger partial charge in [0.05, 0.1) is 0 Å². The predicted octanol–water partition coefficient (Wildman–Crippen LogP) is 2.45. The van der Waals surface area contributed by atoms with Gasteiger partial charge >= 0.3 is 0 Å². The van der Waals surface area contributed by atoms with Crippen molar-refractivity contribution in [3.8, 4) is 0 Å². The van der Waals surface area contributed by atoms with E-state index in [1.54, 1.807) is 0 Å². The molecule has 0 bridgehead atoms. The van der Waals surface area contributed by atoms with Crippen LogP contribution in [0.25, 0.3) is 0 Å². The zero-order chi connectivity index (χ0) is 7.56. The highest BCUT2D eigenvalue weighted by atomic mass is 79.9. The highest BCUT2D eigenvalue weighted by Gasteiger charge is 2.01. The maximum absolute atomic E-state index is 12.5. The number of halogens is 3. The molecule has 10 heavy (non-hydrogen) atoms. The van der Waals surface area contributed by atoms with Gasteiger partial charge in [-0.25, -0.2) is 9.37 Å². The first kappa shape index (κ1) is 7.60. The molecule has 0 aliphatic rings. The fourth-order valence-electron chi connectivity index (χ4n) is 0.541. The van der Waals surface area contributed by atoms with Gasteiger partial charge in [-0.3, -0.25) is 0 Å². The van der Waals surface area contributed by atoms with Crippen molar-refractivity contribution in [3.05, 3.63) is 28.2 Å². The van der Waals surface area contributed by atoms with Gasteiger partial charge in [0.15, 0.2) is 0 Å². The number of aromatic nitrogens is 1. The van der Waals surface area contributed by atoms with Gasteiger partial charge in [0.2, 0.25) is 5.95 Å². The maximum Gasteiger partial charge on any atom is 0.219 e. The van der Waals surface area contributed by atoms with E-state index in [2.05, 4.69) is 20.9 Å². The quantitative estimate of drug-likeness (QED) is 0.646. The third-order valence-electron chi connectivity index (χ3n) is 1.04. The number of hydrogen-bond donors (Lipinski definition) is 0. The van der Waals surface area contributed by atoms with Crippen molar-refractivity contribution in [2.75, 3.05) is 0 Å². The van der Waals surface area contributed by atoms with Gasteiger partial charge in [0.1, 0.15) is 11.3 Å². The molecule has 0 aromatic carbocycles. The van der Waals surface area contributed by atoms with Crippen LogP contribution in [0.3, 0.4) is 0 Å². The van der Waals surface area contributed by atoms with Crippen LogP contribution in [0.2, 0.25) is 0 Å². The smallest absolute Gasteiger partial charge is 0.219 e. The number of alkyl halides is 1. The van der Waals surface area contributed by atoms with Crippen molar-refractivity contribution in [2.45, 2.75) is 6.67 Å². The highest BCUT2D eigenvalue weighted by Crippen LogP contribution is 2.11. The highest BCUT2D eigenvalue weighted by molar-refractivity contribution is 9.10. The average Bonchev–Trinajstić information content (AvgIpc) is 1.88. The Balaban J connectivity index is 3.07. The summed E-state index contributed by atoms with van der Waals surface area (Å²) in [5.41, 5.74) is -0.0109. The molecule has 0 aliphatic carbocycles. The van der Waals surface area contributed by atoms with E-state index in [1.165, 1.54) is 12.1 Å². The van der Waals surface area contributed by atoms with Crippen LogP contribution in [-0.4, -0.2) is 4.98 Å². The van der Waals surface area contributed by atoms with Crippen molar-refractivity contribution in [1.29, 1.82) is 0 Å². The van der Waals surface area contributed by atoms with Gasteiger partial charge in [-0.2, -0.15) is 4.39 Å². The van der Waals surface area contributed by atoms with E-state index in [4.69, 9.17) is 0 Å². The molecule has 0 N–H and O–H groups in total. The topological polar surface area (TPSA) is 12.9 Å². The SMILES string of the molecule is FCc1ccc(Br)nc1F. The Morgan fingerprint density at radius 2 is 2.20 bits per heavy atom. The number of nitrogens with zero attached hydrogens (tertiary/aromatic N) is 1. The van der Waals surface area contributed by atoms with Crippen LogP contribution in [0.4, 0.5) is 8.78 Å². The van der Waals surface area contributed by atoms with Crippen LogP contribution in [-0.2, 0) is 6.67 Å². The Bertz CT molecular complexity index is 239. The molecule has 1 nitrogen and oxygen atoms in total. The van der Waals surface area contributed by atoms with E-state index < -0.39 is 12.6 Å². The molecule has 1 rings (SSSR count). The summed E-state index contributed by atoms with van der Waals surface area (Å²) in [6, 6.07) is 2.85. The Morgan fingerprint density at radius 3 is 2.70 bits per heavy atom. The Labute approximate surface area is 65.2 Å². The molecular formula is C6H4BrF2N. The molecule has 0 unspecified atom stereocenters. The third kappa shape index (κ3) is 1.50. The van der Waals surface area contributed by atoms with Crippen molar-refractivity contribution >= 4 is 15.9 Å². The largest absolute Gasteiger partial charge is 0.246 e. The molecule has 0 saturated carbocycles. The van der Waals surface area contributed by atoms with Crippen LogP contribution in [0, 0.1) is 5.95 Å². The molecule has 1 heterocycles. The first-order chi connectivity index (χ1) is 4.74. The van der Waals surface area contributed by atoms with Gasteiger partial charge in [0, 0.05) is 5.56 Å². The lowest BCUT2D eigenvalue weighted by molar-refractivity contribution is 0.454. The summed E-state index contributed by atoms with van der Waals surface area (Å²) in [7, 11) is 0. The lowest BCUT2D eigenvalue weighted by Crippen LogP contribution is -1.90. The second-order valence-electron chi connectivity index (χ2n) is 1.72. The fraction of sp³-hybridized carbons (Fsp3) is 0.167. The number of rotatable bonds is 1. The van der Waals surface area contributed by atoms with E-state index in [9.17, 15) is 8.78 Å². The second-order valence-corrected chi connectivity index (χ2v) is 2.53. The molecule has 1 aromatic heterocycles. The monoisotopic (exact) mass is 207 g/mol. The van der Waals surface area contributed by atoms with Gasteiger partial charge in [-0.15, -0.1) is 0 Å². The van der Waals surface area contributed by atoms with Gasteiger partial charge < -0.3 is 0 Å². The van der Waals surface area contributed by atoms with Crippen molar-refractivity contribution in [2.24, 2.45) is 0 Å². The molecule has 0 aliphatic heterocycles.